The molecule has 0 N–H and O–H groups in total. The third kappa shape index (κ3) is 3.65. The second-order valence-corrected chi connectivity index (χ2v) is 6.68. The fraction of sp³-hybridized carbons (Fsp3) is 0.333. The molecule has 1 aromatic rings. The topological polar surface area (TPSA) is 24.8 Å². The Hall–Kier alpha value is -0.620. The Labute approximate surface area is 147 Å². The molecule has 2 fully saturated rings. The highest BCUT2D eigenvalue weighted by molar-refractivity contribution is 14.1. The van der Waals surface area contributed by atoms with Crippen LogP contribution in [0.1, 0.15) is 18.4 Å². The van der Waals surface area contributed by atoms with E-state index in [4.69, 9.17) is 9.84 Å². The molecule has 4 heteroatoms. The monoisotopic (exact) mass is 407 g/mol. The lowest BCUT2D eigenvalue weighted by molar-refractivity contribution is 0.118. The number of ether oxygens (including phenoxy) is 1. The van der Waals surface area contributed by atoms with Crippen LogP contribution < -0.4 is 0 Å². The largest absolute Gasteiger partial charge is 0.382 e. The van der Waals surface area contributed by atoms with E-state index in [0.717, 1.165) is 30.8 Å². The fourth-order valence-electron chi connectivity index (χ4n) is 2.90. The van der Waals surface area contributed by atoms with Gasteiger partial charge in [-0.2, -0.15) is 5.10 Å². The minimum absolute atomic E-state index is 0.385. The van der Waals surface area contributed by atoms with Crippen LogP contribution in [0.5, 0.6) is 0 Å². The Bertz CT molecular complexity index is 505. The second-order valence-electron chi connectivity index (χ2n) is 5.52. The summed E-state index contributed by atoms with van der Waals surface area (Å²) in [4.78, 5) is 0. The summed E-state index contributed by atoms with van der Waals surface area (Å²) in [6, 6.07) is 10.8. The first-order chi connectivity index (χ1) is 10.8. The molecule has 1 aliphatic heterocycles. The summed E-state index contributed by atoms with van der Waals surface area (Å²) >= 11 is 2.38. The second kappa shape index (κ2) is 7.77. The van der Waals surface area contributed by atoms with Gasteiger partial charge < -0.3 is 4.74 Å². The number of nitrogens with zero attached hydrogens (tertiary/aromatic N) is 2. The smallest absolute Gasteiger partial charge is 0.0766 e. The summed E-state index contributed by atoms with van der Waals surface area (Å²) in [6.07, 6.45) is 8.70. The summed E-state index contributed by atoms with van der Waals surface area (Å²) in [5, 5.41) is 7.22. The van der Waals surface area contributed by atoms with E-state index in [1.165, 1.54) is 16.3 Å². The van der Waals surface area contributed by atoms with Gasteiger partial charge in [-0.1, -0.05) is 52.9 Å². The van der Waals surface area contributed by atoms with Gasteiger partial charge in [0, 0.05) is 19.6 Å². The number of methoxy groups -OCH3 is 1. The molecule has 1 atom stereocenters. The van der Waals surface area contributed by atoms with Crippen LogP contribution in [0.3, 0.4) is 0 Å². The number of rotatable bonds is 5. The maximum absolute atomic E-state index is 5.35. The van der Waals surface area contributed by atoms with Gasteiger partial charge in [0.1, 0.15) is 0 Å². The molecule has 0 unspecified atom stereocenters. The van der Waals surface area contributed by atoms with Crippen molar-refractivity contribution in [2.24, 2.45) is 5.10 Å². The van der Waals surface area contributed by atoms with Gasteiger partial charge in [-0.05, 0) is 37.7 Å². The van der Waals surface area contributed by atoms with Gasteiger partial charge in [0.05, 0.1) is 22.3 Å². The van der Waals surface area contributed by atoms with E-state index < -0.39 is 0 Å². The summed E-state index contributed by atoms with van der Waals surface area (Å²) < 4.78 is 6.58. The SMILES string of the molecule is COC[C@@H]1CCCN1/N=C(/[C]1[CH][CH][CH][C]1I)c1ccccc1. The van der Waals surface area contributed by atoms with Gasteiger partial charge >= 0.3 is 0 Å². The quantitative estimate of drug-likeness (QED) is 0.550. The van der Waals surface area contributed by atoms with Gasteiger partial charge in [-0.25, -0.2) is 0 Å². The molecule has 2 aliphatic rings. The molecule has 1 saturated heterocycles. The maximum atomic E-state index is 5.35. The number of hydrazone groups is 1. The average Bonchev–Trinajstić information content (AvgIpc) is 3.15. The molecule has 0 amide bonds. The zero-order valence-corrected chi connectivity index (χ0v) is 14.9. The van der Waals surface area contributed by atoms with E-state index in [1.807, 2.05) is 6.07 Å². The van der Waals surface area contributed by atoms with Crippen molar-refractivity contribution in [1.29, 1.82) is 0 Å². The summed E-state index contributed by atoms with van der Waals surface area (Å²) in [6.45, 7) is 1.74. The van der Waals surface area contributed by atoms with Crippen molar-refractivity contribution in [3.63, 3.8) is 0 Å². The molecular weight excluding hydrogens is 387 g/mol. The Kier molecular flexibility index (Phi) is 5.74. The minimum Gasteiger partial charge on any atom is -0.382 e. The molecule has 1 aliphatic carbocycles. The van der Waals surface area contributed by atoms with Crippen molar-refractivity contribution in [2.75, 3.05) is 20.3 Å². The zero-order valence-electron chi connectivity index (χ0n) is 12.7. The summed E-state index contributed by atoms with van der Waals surface area (Å²) in [5.41, 5.74) is 2.22. The first kappa shape index (κ1) is 16.2. The van der Waals surface area contributed by atoms with Crippen molar-refractivity contribution in [2.45, 2.75) is 18.9 Å². The Morgan fingerprint density at radius 2 is 2.14 bits per heavy atom. The first-order valence-electron chi connectivity index (χ1n) is 7.61. The lowest BCUT2D eigenvalue weighted by Gasteiger charge is -2.25. The Morgan fingerprint density at radius 3 is 2.82 bits per heavy atom. The van der Waals surface area contributed by atoms with Gasteiger partial charge in [0.2, 0.25) is 0 Å². The van der Waals surface area contributed by atoms with Crippen molar-refractivity contribution in [1.82, 2.24) is 5.01 Å². The molecular formula is C18H20IN2O. The number of hydrogen-bond acceptors (Lipinski definition) is 3. The van der Waals surface area contributed by atoms with Crippen LogP contribution in [0.15, 0.2) is 35.4 Å². The van der Waals surface area contributed by atoms with Crippen LogP contribution in [-0.4, -0.2) is 37.0 Å². The van der Waals surface area contributed by atoms with Crippen LogP contribution >= 0.6 is 22.6 Å². The van der Waals surface area contributed by atoms with E-state index in [9.17, 15) is 0 Å². The van der Waals surface area contributed by atoms with Gasteiger partial charge in [0.15, 0.2) is 0 Å². The molecule has 1 heterocycles. The van der Waals surface area contributed by atoms with Crippen LogP contribution in [0.4, 0.5) is 0 Å². The molecule has 3 nitrogen and oxygen atoms in total. The van der Waals surface area contributed by atoms with E-state index in [1.54, 1.807) is 7.11 Å². The Morgan fingerprint density at radius 1 is 1.32 bits per heavy atom. The average molecular weight is 407 g/mol. The number of halogens is 1. The molecule has 0 aromatic heterocycles. The maximum Gasteiger partial charge on any atom is 0.0766 e. The van der Waals surface area contributed by atoms with Gasteiger partial charge in [0.25, 0.3) is 0 Å². The third-order valence-corrected chi connectivity index (χ3v) is 4.94. The predicted molar refractivity (Wildman–Crippen MR) is 98.0 cm³/mol. The zero-order chi connectivity index (χ0) is 15.4. The van der Waals surface area contributed by atoms with Gasteiger partial charge in [-0.15, -0.1) is 0 Å². The predicted octanol–water partition coefficient (Wildman–Crippen LogP) is 3.67. The van der Waals surface area contributed by atoms with E-state index in [2.05, 4.69) is 71.1 Å². The van der Waals surface area contributed by atoms with E-state index >= 15 is 0 Å². The highest BCUT2D eigenvalue weighted by Gasteiger charge is 2.34. The normalized spacial score (nSPS) is 24.4. The molecule has 1 aromatic carbocycles. The molecule has 5 radical (unpaired) electrons. The lowest BCUT2D eigenvalue weighted by Crippen LogP contribution is -2.31. The number of hydrogen-bond donors (Lipinski definition) is 0. The molecule has 115 valence electrons. The molecule has 22 heavy (non-hydrogen) atoms. The molecule has 1 saturated carbocycles. The standard InChI is InChI=1S/C18H20IN2O/c1-22-13-15-9-6-12-21(15)20-18(14-7-3-2-4-8-14)16-10-5-11-17(16)19/h2-5,7-8,10-11,15H,6,9,12-13H2,1H3/b20-18+/t15-/m0/s1. The van der Waals surface area contributed by atoms with Gasteiger partial charge in [-0.3, -0.25) is 5.01 Å². The van der Waals surface area contributed by atoms with Crippen molar-refractivity contribution in [3.05, 3.63) is 65.0 Å². The van der Waals surface area contributed by atoms with Crippen LogP contribution in [0, 0.1) is 29.1 Å². The Balaban J connectivity index is 1.89. The van der Waals surface area contributed by atoms with Crippen molar-refractivity contribution >= 4 is 28.3 Å². The van der Waals surface area contributed by atoms with E-state index in [-0.39, 0.29) is 0 Å². The molecule has 0 spiro atoms. The molecule has 0 bridgehead atoms. The van der Waals surface area contributed by atoms with Crippen LogP contribution in [0.2, 0.25) is 0 Å². The van der Waals surface area contributed by atoms with Crippen molar-refractivity contribution < 1.29 is 4.74 Å². The van der Waals surface area contributed by atoms with Crippen LogP contribution in [0.25, 0.3) is 0 Å². The minimum atomic E-state index is 0.385. The highest BCUT2D eigenvalue weighted by Crippen LogP contribution is 2.41. The molecule has 3 rings (SSSR count). The number of benzene rings is 1. The van der Waals surface area contributed by atoms with Crippen LogP contribution in [-0.2, 0) is 4.74 Å². The third-order valence-electron chi connectivity index (χ3n) is 4.00. The summed E-state index contributed by atoms with van der Waals surface area (Å²) in [7, 11) is 1.76. The van der Waals surface area contributed by atoms with Crippen molar-refractivity contribution in [3.8, 4) is 0 Å². The fourth-order valence-corrected chi connectivity index (χ4v) is 3.54. The summed E-state index contributed by atoms with van der Waals surface area (Å²) in [5.74, 6) is 1.20. The first-order valence-corrected chi connectivity index (χ1v) is 8.68. The van der Waals surface area contributed by atoms with E-state index in [0.29, 0.717) is 6.04 Å². The lowest BCUT2D eigenvalue weighted by atomic mass is 9.95. The highest BCUT2D eigenvalue weighted by atomic mass is 127.